The predicted molar refractivity (Wildman–Crippen MR) is 131 cm³/mol. The second kappa shape index (κ2) is 11.2. The maximum atomic E-state index is 12.9. The van der Waals surface area contributed by atoms with Crippen molar-refractivity contribution in [3.05, 3.63) is 44.3 Å². The highest BCUT2D eigenvalue weighted by Gasteiger charge is 2.23. The molecular formula is C25H26ClN3O3S. The first-order valence-corrected chi connectivity index (χ1v) is 12.2. The van der Waals surface area contributed by atoms with Crippen LogP contribution in [0.3, 0.4) is 0 Å². The monoisotopic (exact) mass is 483 g/mol. The minimum atomic E-state index is -0.568. The Bertz CT molecular complexity index is 1160. The van der Waals surface area contributed by atoms with Crippen molar-refractivity contribution in [2.75, 3.05) is 11.9 Å². The van der Waals surface area contributed by atoms with Crippen LogP contribution in [0.5, 0.6) is 11.5 Å². The number of thiophene rings is 1. The highest BCUT2D eigenvalue weighted by atomic mass is 35.5. The summed E-state index contributed by atoms with van der Waals surface area (Å²) in [4.78, 5) is 14.0. The zero-order valence-electron chi connectivity index (χ0n) is 19.0. The Morgan fingerprint density at radius 1 is 1.30 bits per heavy atom. The molecule has 0 bridgehead atoms. The number of nitriles is 2. The van der Waals surface area contributed by atoms with Gasteiger partial charge in [-0.1, -0.05) is 18.5 Å². The summed E-state index contributed by atoms with van der Waals surface area (Å²) in [5.41, 5.74) is 1.97. The number of carbonyl (C=O) groups excluding carboxylic acids is 1. The minimum absolute atomic E-state index is 0.0468. The molecule has 1 N–H and O–H groups in total. The molecule has 1 heterocycles. The van der Waals surface area contributed by atoms with Crippen LogP contribution in [0, 0.1) is 22.7 Å². The number of ether oxygens (including phenoxy) is 2. The maximum Gasteiger partial charge on any atom is 0.266 e. The molecule has 1 aliphatic rings. The fourth-order valence-electron chi connectivity index (χ4n) is 3.59. The van der Waals surface area contributed by atoms with E-state index in [1.54, 1.807) is 12.1 Å². The molecule has 1 atom stereocenters. The number of nitrogens with zero attached hydrogens (tertiary/aromatic N) is 2. The van der Waals surface area contributed by atoms with Gasteiger partial charge in [0, 0.05) is 4.88 Å². The van der Waals surface area contributed by atoms with Gasteiger partial charge in [-0.3, -0.25) is 4.79 Å². The summed E-state index contributed by atoms with van der Waals surface area (Å²) in [5.74, 6) is 0.323. The van der Waals surface area contributed by atoms with Gasteiger partial charge in [0.1, 0.15) is 22.7 Å². The van der Waals surface area contributed by atoms with Gasteiger partial charge >= 0.3 is 0 Å². The van der Waals surface area contributed by atoms with Gasteiger partial charge in [0.2, 0.25) is 0 Å². The maximum absolute atomic E-state index is 12.9. The third-order valence-corrected chi connectivity index (χ3v) is 6.90. The highest BCUT2D eigenvalue weighted by Crippen LogP contribution is 2.39. The first-order chi connectivity index (χ1) is 15.9. The molecule has 0 fully saturated rings. The van der Waals surface area contributed by atoms with Gasteiger partial charge in [0.05, 0.1) is 23.3 Å². The van der Waals surface area contributed by atoms with Crippen LogP contribution >= 0.6 is 22.9 Å². The normalized spacial score (nSPS) is 13.9. The minimum Gasteiger partial charge on any atom is -0.490 e. The van der Waals surface area contributed by atoms with Gasteiger partial charge in [-0.15, -0.1) is 11.3 Å². The summed E-state index contributed by atoms with van der Waals surface area (Å²) in [6, 6.07) is 7.50. The second-order valence-corrected chi connectivity index (χ2v) is 9.26. The van der Waals surface area contributed by atoms with Crippen LogP contribution in [0.15, 0.2) is 17.7 Å². The highest BCUT2D eigenvalue weighted by molar-refractivity contribution is 7.16. The van der Waals surface area contributed by atoms with Crippen molar-refractivity contribution in [2.24, 2.45) is 0 Å². The number of anilines is 1. The van der Waals surface area contributed by atoms with E-state index in [-0.39, 0.29) is 11.7 Å². The van der Waals surface area contributed by atoms with E-state index in [1.807, 2.05) is 26.8 Å². The van der Waals surface area contributed by atoms with Crippen LogP contribution in [-0.4, -0.2) is 18.6 Å². The molecule has 0 spiro atoms. The topological polar surface area (TPSA) is 95.1 Å². The molecule has 0 saturated carbocycles. The summed E-state index contributed by atoms with van der Waals surface area (Å²) in [7, 11) is 0. The predicted octanol–water partition coefficient (Wildman–Crippen LogP) is 6.27. The second-order valence-electron chi connectivity index (χ2n) is 7.75. The summed E-state index contributed by atoms with van der Waals surface area (Å²) < 4.78 is 11.6. The van der Waals surface area contributed by atoms with Crippen LogP contribution in [0.25, 0.3) is 6.08 Å². The van der Waals surface area contributed by atoms with Crippen LogP contribution in [-0.2, 0) is 17.6 Å². The van der Waals surface area contributed by atoms with Gasteiger partial charge in [-0.25, -0.2) is 0 Å². The molecular weight excluding hydrogens is 458 g/mol. The molecule has 0 radical (unpaired) electrons. The molecule has 3 rings (SSSR count). The van der Waals surface area contributed by atoms with Gasteiger partial charge in [0.25, 0.3) is 5.91 Å². The lowest BCUT2D eigenvalue weighted by Crippen LogP contribution is -2.13. The Labute approximate surface area is 203 Å². The van der Waals surface area contributed by atoms with Crippen molar-refractivity contribution in [1.29, 1.82) is 10.5 Å². The average molecular weight is 484 g/mol. The Morgan fingerprint density at radius 2 is 2.06 bits per heavy atom. The van der Waals surface area contributed by atoms with Crippen LogP contribution in [0.2, 0.25) is 5.02 Å². The molecule has 6 nitrogen and oxygen atoms in total. The zero-order valence-corrected chi connectivity index (χ0v) is 20.5. The summed E-state index contributed by atoms with van der Waals surface area (Å²) >= 11 is 7.87. The van der Waals surface area contributed by atoms with Crippen molar-refractivity contribution in [2.45, 2.75) is 59.0 Å². The largest absolute Gasteiger partial charge is 0.490 e. The summed E-state index contributed by atoms with van der Waals surface area (Å²) in [5, 5.41) is 22.9. The Hall–Kier alpha value is -3.00. The molecule has 33 heavy (non-hydrogen) atoms. The van der Waals surface area contributed by atoms with E-state index in [2.05, 4.69) is 11.4 Å². The van der Waals surface area contributed by atoms with Crippen molar-refractivity contribution >= 4 is 39.9 Å². The quantitative estimate of drug-likeness (QED) is 0.352. The number of fused-ring (bicyclic) bond motifs is 1. The lowest BCUT2D eigenvalue weighted by Gasteiger charge is -2.18. The van der Waals surface area contributed by atoms with Crippen LogP contribution < -0.4 is 14.8 Å². The average Bonchev–Trinajstić information content (AvgIpc) is 3.16. The van der Waals surface area contributed by atoms with Gasteiger partial charge < -0.3 is 14.8 Å². The number of aryl methyl sites for hydroxylation is 1. The summed E-state index contributed by atoms with van der Waals surface area (Å²) in [6.07, 6.45) is 6.08. The molecule has 1 aromatic heterocycles. The van der Waals surface area contributed by atoms with E-state index in [4.69, 9.17) is 21.1 Å². The smallest absolute Gasteiger partial charge is 0.266 e. The molecule has 0 saturated heterocycles. The van der Waals surface area contributed by atoms with E-state index < -0.39 is 5.91 Å². The van der Waals surface area contributed by atoms with E-state index in [0.29, 0.717) is 39.3 Å². The number of rotatable bonds is 8. The van der Waals surface area contributed by atoms with Gasteiger partial charge in [-0.2, -0.15) is 10.5 Å². The fourth-order valence-corrected chi connectivity index (χ4v) is 5.09. The SMILES string of the molecule is CCOc1cc(/C=C(\C#N)C(=O)Nc2sc3c(c2C#N)CCCC3)cc(Cl)c1O[C@H](C)CC. The standard InChI is InChI=1S/C25H26ClN3O3S/c1-4-15(3)32-23-20(26)11-16(12-21(23)31-5-2)10-17(13-27)24(30)29-25-19(14-28)18-8-6-7-9-22(18)33-25/h10-12,15H,4-9H2,1-3H3,(H,29,30)/b17-10+/t15-/m1/s1. The van der Waals surface area contributed by atoms with Gasteiger partial charge in [0.15, 0.2) is 11.5 Å². The van der Waals surface area contributed by atoms with E-state index in [1.165, 1.54) is 17.4 Å². The Balaban J connectivity index is 1.90. The number of hydrogen-bond donors (Lipinski definition) is 1. The van der Waals surface area contributed by atoms with Crippen molar-refractivity contribution in [1.82, 2.24) is 0 Å². The zero-order chi connectivity index (χ0) is 24.0. The van der Waals surface area contributed by atoms with Crippen molar-refractivity contribution in [3.8, 4) is 23.6 Å². The summed E-state index contributed by atoms with van der Waals surface area (Å²) in [6.45, 7) is 6.21. The first kappa shape index (κ1) is 24.6. The van der Waals surface area contributed by atoms with Gasteiger partial charge in [-0.05, 0) is 75.3 Å². The molecule has 8 heteroatoms. The molecule has 2 aromatic rings. The number of amides is 1. The number of carbonyl (C=O) groups is 1. The number of benzene rings is 1. The number of hydrogen-bond acceptors (Lipinski definition) is 6. The fraction of sp³-hybridized carbons (Fsp3) is 0.400. The van der Waals surface area contributed by atoms with E-state index in [0.717, 1.165) is 42.5 Å². The van der Waals surface area contributed by atoms with Crippen molar-refractivity contribution < 1.29 is 14.3 Å². The Kier molecular flexibility index (Phi) is 8.38. The number of nitrogens with one attached hydrogen (secondary N) is 1. The Morgan fingerprint density at radius 3 is 2.73 bits per heavy atom. The third-order valence-electron chi connectivity index (χ3n) is 5.41. The lowest BCUT2D eigenvalue weighted by molar-refractivity contribution is -0.112. The molecule has 1 aliphatic carbocycles. The molecule has 172 valence electrons. The molecule has 0 unspecified atom stereocenters. The van der Waals surface area contributed by atoms with E-state index >= 15 is 0 Å². The first-order valence-electron chi connectivity index (χ1n) is 11.0. The van der Waals surface area contributed by atoms with Crippen LogP contribution in [0.1, 0.15) is 61.6 Å². The molecule has 0 aliphatic heterocycles. The molecule has 1 aromatic carbocycles. The van der Waals surface area contributed by atoms with E-state index in [9.17, 15) is 15.3 Å². The number of halogens is 1. The van der Waals surface area contributed by atoms with Crippen LogP contribution in [0.4, 0.5) is 5.00 Å². The lowest BCUT2D eigenvalue weighted by atomic mass is 9.96. The molecule has 1 amide bonds. The third kappa shape index (κ3) is 5.68. The van der Waals surface area contributed by atoms with Crippen molar-refractivity contribution in [3.63, 3.8) is 0 Å².